The molecule has 0 radical (unpaired) electrons. The lowest BCUT2D eigenvalue weighted by molar-refractivity contribution is -0.138. The average molecular weight is 410 g/mol. The molecule has 27 heavy (non-hydrogen) atoms. The van der Waals surface area contributed by atoms with Crippen LogP contribution in [-0.2, 0) is 21.7 Å². The van der Waals surface area contributed by atoms with E-state index >= 15 is 0 Å². The number of likely N-dealkylation sites (N-methyl/N-ethyl adjacent to an activating group) is 1. The van der Waals surface area contributed by atoms with Crippen LogP contribution in [0, 0.1) is 5.82 Å². The number of carbonyl (C=O) groups excluding carboxylic acids is 3. The Morgan fingerprint density at radius 2 is 2.00 bits per heavy atom. The van der Waals surface area contributed by atoms with Crippen molar-refractivity contribution in [2.75, 3.05) is 13.6 Å². The number of nitrogens with one attached hydrogen (secondary N) is 1. The number of thiophene rings is 1. The third-order valence-corrected chi connectivity index (χ3v) is 5.64. The fraction of sp³-hybridized carbons (Fsp3) is 0.278. The highest BCUT2D eigenvalue weighted by atomic mass is 35.5. The zero-order chi connectivity index (χ0) is 19.8. The fourth-order valence-electron chi connectivity index (χ4n) is 2.90. The van der Waals surface area contributed by atoms with E-state index in [9.17, 15) is 18.8 Å². The molecule has 3 rings (SSSR count). The quantitative estimate of drug-likeness (QED) is 0.772. The summed E-state index contributed by atoms with van der Waals surface area (Å²) in [6, 6.07) is 8.54. The molecule has 1 aliphatic heterocycles. The highest BCUT2D eigenvalue weighted by Crippen LogP contribution is 2.30. The van der Waals surface area contributed by atoms with E-state index in [-0.39, 0.29) is 5.56 Å². The Morgan fingerprint density at radius 3 is 2.63 bits per heavy atom. The summed E-state index contributed by atoms with van der Waals surface area (Å²) in [4.78, 5) is 40.7. The number of halogens is 2. The van der Waals surface area contributed by atoms with Crippen LogP contribution in [-0.4, -0.2) is 41.2 Å². The zero-order valence-corrected chi connectivity index (χ0v) is 16.2. The molecule has 1 fully saturated rings. The molecule has 0 bridgehead atoms. The molecule has 9 heteroatoms. The number of hydrogen-bond acceptors (Lipinski definition) is 4. The first-order valence-electron chi connectivity index (χ1n) is 8.09. The van der Waals surface area contributed by atoms with Crippen molar-refractivity contribution in [2.45, 2.75) is 19.0 Å². The van der Waals surface area contributed by atoms with Crippen LogP contribution >= 0.6 is 22.9 Å². The molecule has 1 aromatic carbocycles. The molecule has 0 spiro atoms. The lowest BCUT2D eigenvalue weighted by Crippen LogP contribution is -2.43. The van der Waals surface area contributed by atoms with Gasteiger partial charge in [0, 0.05) is 17.5 Å². The van der Waals surface area contributed by atoms with Gasteiger partial charge in [0.15, 0.2) is 0 Å². The van der Waals surface area contributed by atoms with E-state index in [2.05, 4.69) is 5.32 Å². The second-order valence-electron chi connectivity index (χ2n) is 6.38. The maximum atomic E-state index is 14.1. The standard InChI is InChI=1S/C18H17ClFN3O3S/c1-18(12-5-3-4-6-13(12)20)16(25)23(17(26)21-18)10-15(24)22(2)9-11-7-8-14(19)27-11/h3-8H,9-10H2,1-2H3,(H,21,26)/t18-/m1/s1. The minimum Gasteiger partial charge on any atom is -0.339 e. The summed E-state index contributed by atoms with van der Waals surface area (Å²) in [6.07, 6.45) is 0. The van der Waals surface area contributed by atoms with Crippen molar-refractivity contribution >= 4 is 40.8 Å². The highest BCUT2D eigenvalue weighted by Gasteiger charge is 2.50. The lowest BCUT2D eigenvalue weighted by Gasteiger charge is -2.23. The summed E-state index contributed by atoms with van der Waals surface area (Å²) < 4.78 is 14.8. The summed E-state index contributed by atoms with van der Waals surface area (Å²) in [5.41, 5.74) is -1.50. The zero-order valence-electron chi connectivity index (χ0n) is 14.7. The first kappa shape index (κ1) is 19.3. The Labute approximate surface area is 164 Å². The lowest BCUT2D eigenvalue weighted by atomic mass is 9.91. The Balaban J connectivity index is 1.73. The molecule has 2 heterocycles. The van der Waals surface area contributed by atoms with Crippen molar-refractivity contribution in [3.63, 3.8) is 0 Å². The molecule has 1 saturated heterocycles. The first-order chi connectivity index (χ1) is 12.7. The van der Waals surface area contributed by atoms with Crippen LogP contribution in [0.15, 0.2) is 36.4 Å². The van der Waals surface area contributed by atoms with Crippen LogP contribution < -0.4 is 5.32 Å². The SMILES string of the molecule is CN(Cc1ccc(Cl)s1)C(=O)CN1C(=O)N[C@](C)(c2ccccc2F)C1=O. The molecule has 4 amide bonds. The van der Waals surface area contributed by atoms with E-state index in [0.29, 0.717) is 10.9 Å². The number of urea groups is 1. The van der Waals surface area contributed by atoms with Crippen molar-refractivity contribution in [3.8, 4) is 0 Å². The van der Waals surface area contributed by atoms with Gasteiger partial charge in [-0.25, -0.2) is 9.18 Å². The molecule has 142 valence electrons. The minimum absolute atomic E-state index is 0.0554. The van der Waals surface area contributed by atoms with E-state index in [4.69, 9.17) is 11.6 Å². The Bertz CT molecular complexity index is 919. The van der Waals surface area contributed by atoms with Crippen molar-refractivity contribution in [1.82, 2.24) is 15.1 Å². The molecule has 1 N–H and O–H groups in total. The van der Waals surface area contributed by atoms with Crippen molar-refractivity contribution in [1.29, 1.82) is 0 Å². The minimum atomic E-state index is -1.55. The van der Waals surface area contributed by atoms with Gasteiger partial charge in [0.05, 0.1) is 10.9 Å². The van der Waals surface area contributed by atoms with Gasteiger partial charge in [-0.3, -0.25) is 14.5 Å². The predicted octanol–water partition coefficient (Wildman–Crippen LogP) is 2.97. The smallest absolute Gasteiger partial charge is 0.325 e. The molecule has 0 aliphatic carbocycles. The number of rotatable bonds is 5. The van der Waals surface area contributed by atoms with Crippen molar-refractivity contribution in [3.05, 3.63) is 57.0 Å². The highest BCUT2D eigenvalue weighted by molar-refractivity contribution is 7.16. The van der Waals surface area contributed by atoms with E-state index < -0.39 is 35.7 Å². The molecule has 1 atom stereocenters. The molecular weight excluding hydrogens is 393 g/mol. The summed E-state index contributed by atoms with van der Waals surface area (Å²) in [5, 5.41) is 2.50. The topological polar surface area (TPSA) is 69.7 Å². The van der Waals surface area contributed by atoms with Gasteiger partial charge in [-0.15, -0.1) is 11.3 Å². The summed E-state index contributed by atoms with van der Waals surface area (Å²) >= 11 is 7.23. The average Bonchev–Trinajstić information content (AvgIpc) is 3.11. The Hall–Kier alpha value is -2.45. The molecule has 1 aliphatic rings. The van der Waals surface area contributed by atoms with E-state index in [0.717, 1.165) is 9.78 Å². The second kappa shape index (κ2) is 7.28. The van der Waals surface area contributed by atoms with Gasteiger partial charge >= 0.3 is 6.03 Å². The summed E-state index contributed by atoms with van der Waals surface area (Å²) in [7, 11) is 1.57. The van der Waals surface area contributed by atoms with Gasteiger partial charge in [-0.05, 0) is 25.1 Å². The third-order valence-electron chi connectivity index (χ3n) is 4.43. The van der Waals surface area contributed by atoms with E-state index in [1.165, 1.54) is 41.4 Å². The Morgan fingerprint density at radius 1 is 1.30 bits per heavy atom. The number of benzene rings is 1. The molecule has 2 aromatic rings. The van der Waals surface area contributed by atoms with Gasteiger partial charge in [-0.2, -0.15) is 0 Å². The normalized spacial score (nSPS) is 19.3. The summed E-state index contributed by atoms with van der Waals surface area (Å²) in [6.45, 7) is 1.31. The third kappa shape index (κ3) is 3.68. The van der Waals surface area contributed by atoms with Gasteiger partial charge in [-0.1, -0.05) is 29.8 Å². The maximum Gasteiger partial charge on any atom is 0.325 e. The molecular formula is C18H17ClFN3O3S. The van der Waals surface area contributed by atoms with Gasteiger partial charge < -0.3 is 10.2 Å². The molecule has 0 unspecified atom stereocenters. The van der Waals surface area contributed by atoms with Crippen LogP contribution in [0.3, 0.4) is 0 Å². The van der Waals surface area contributed by atoms with Crippen LogP contribution in [0.1, 0.15) is 17.4 Å². The monoisotopic (exact) mass is 409 g/mol. The molecule has 1 aromatic heterocycles. The van der Waals surface area contributed by atoms with Crippen LogP contribution in [0.5, 0.6) is 0 Å². The van der Waals surface area contributed by atoms with E-state index in [1.54, 1.807) is 25.2 Å². The van der Waals surface area contributed by atoms with Crippen molar-refractivity contribution in [2.24, 2.45) is 0 Å². The number of amides is 4. The molecule has 6 nitrogen and oxygen atoms in total. The van der Waals surface area contributed by atoms with Crippen LogP contribution in [0.25, 0.3) is 0 Å². The summed E-state index contributed by atoms with van der Waals surface area (Å²) in [5.74, 6) is -1.69. The largest absolute Gasteiger partial charge is 0.339 e. The predicted molar refractivity (Wildman–Crippen MR) is 99.8 cm³/mol. The van der Waals surface area contributed by atoms with Gasteiger partial charge in [0.2, 0.25) is 5.91 Å². The number of imide groups is 1. The second-order valence-corrected chi connectivity index (χ2v) is 8.18. The van der Waals surface area contributed by atoms with Crippen molar-refractivity contribution < 1.29 is 18.8 Å². The first-order valence-corrected chi connectivity index (χ1v) is 9.29. The Kier molecular flexibility index (Phi) is 5.21. The maximum absolute atomic E-state index is 14.1. The van der Waals surface area contributed by atoms with Crippen LogP contribution in [0.4, 0.5) is 9.18 Å². The number of nitrogens with zero attached hydrogens (tertiary/aromatic N) is 2. The number of hydrogen-bond donors (Lipinski definition) is 1. The fourth-order valence-corrected chi connectivity index (χ4v) is 4.05. The van der Waals surface area contributed by atoms with Gasteiger partial charge in [0.1, 0.15) is 17.9 Å². The van der Waals surface area contributed by atoms with Crippen LogP contribution in [0.2, 0.25) is 4.34 Å². The van der Waals surface area contributed by atoms with Gasteiger partial charge in [0.25, 0.3) is 5.91 Å². The number of carbonyl (C=O) groups is 3. The van der Waals surface area contributed by atoms with E-state index in [1.807, 2.05) is 0 Å². The molecule has 0 saturated carbocycles.